The molecule has 4 aromatic rings. The van der Waals surface area contributed by atoms with Gasteiger partial charge in [0.1, 0.15) is 23.3 Å². The molecule has 202 valence electrons. The molecule has 0 aliphatic rings. The van der Waals surface area contributed by atoms with Gasteiger partial charge in [0.2, 0.25) is 5.91 Å². The number of aromatic amines is 1. The molecule has 3 aromatic carbocycles. The average molecular weight is 593 g/mol. The van der Waals surface area contributed by atoms with Gasteiger partial charge >= 0.3 is 5.97 Å². The van der Waals surface area contributed by atoms with Crippen LogP contribution in [0.25, 0.3) is 10.9 Å². The zero-order valence-electron chi connectivity index (χ0n) is 21.3. The van der Waals surface area contributed by atoms with Gasteiger partial charge in [-0.3, -0.25) is 9.59 Å². The number of aromatic hydroxyl groups is 1. The number of benzene rings is 3. The van der Waals surface area contributed by atoms with Crippen LogP contribution in [0.1, 0.15) is 41.9 Å². The van der Waals surface area contributed by atoms with E-state index >= 15 is 0 Å². The Balaban J connectivity index is 1.45. The summed E-state index contributed by atoms with van der Waals surface area (Å²) in [5.41, 5.74) is 3.51. The summed E-state index contributed by atoms with van der Waals surface area (Å²) in [5.74, 6) is -1.26. The first-order valence-corrected chi connectivity index (χ1v) is 13.2. The number of phenolic OH excluding ortho intramolecular Hbond substituents is 1. The Morgan fingerprint density at radius 1 is 1.00 bits per heavy atom. The van der Waals surface area contributed by atoms with Crippen LogP contribution >= 0.6 is 15.9 Å². The Labute approximate surface area is 234 Å². The zero-order valence-corrected chi connectivity index (χ0v) is 22.9. The van der Waals surface area contributed by atoms with Crippen LogP contribution in [0.3, 0.4) is 0 Å². The number of carbonyl (C=O) groups is 3. The molecular formula is C30H29BrN2O6. The first kappa shape index (κ1) is 27.9. The second-order valence-corrected chi connectivity index (χ2v) is 10.2. The number of amides is 1. The number of Topliss-reactive ketones (excluding diaryl/α,β-unsaturated/α-hetero) is 1. The van der Waals surface area contributed by atoms with Crippen molar-refractivity contribution in [2.75, 3.05) is 7.11 Å². The highest BCUT2D eigenvalue weighted by molar-refractivity contribution is 9.10. The first-order valence-electron chi connectivity index (χ1n) is 12.5. The van der Waals surface area contributed by atoms with Gasteiger partial charge in [-0.2, -0.15) is 0 Å². The summed E-state index contributed by atoms with van der Waals surface area (Å²) in [7, 11) is 1.60. The number of carbonyl (C=O) groups excluding carboxylic acids is 2. The van der Waals surface area contributed by atoms with Crippen molar-refractivity contribution >= 4 is 44.5 Å². The van der Waals surface area contributed by atoms with Gasteiger partial charge in [-0.1, -0.05) is 40.2 Å². The van der Waals surface area contributed by atoms with Crippen LogP contribution in [0, 0.1) is 0 Å². The molecule has 1 aromatic heterocycles. The Morgan fingerprint density at radius 2 is 1.72 bits per heavy atom. The number of carboxylic acid groups (broad SMARTS) is 1. The van der Waals surface area contributed by atoms with Crippen molar-refractivity contribution in [1.82, 2.24) is 10.3 Å². The predicted molar refractivity (Wildman–Crippen MR) is 151 cm³/mol. The molecule has 8 nitrogen and oxygen atoms in total. The summed E-state index contributed by atoms with van der Waals surface area (Å²) in [4.78, 5) is 40.7. The maximum atomic E-state index is 13.1. The molecule has 0 spiro atoms. The van der Waals surface area contributed by atoms with Gasteiger partial charge in [0.25, 0.3) is 0 Å². The molecule has 9 heteroatoms. The average Bonchev–Trinajstić information content (AvgIpc) is 3.34. The van der Waals surface area contributed by atoms with Crippen molar-refractivity contribution in [2.45, 2.75) is 37.6 Å². The molecule has 1 unspecified atom stereocenters. The lowest BCUT2D eigenvalue weighted by Crippen LogP contribution is -2.42. The van der Waals surface area contributed by atoms with Gasteiger partial charge in [-0.05, 0) is 59.2 Å². The molecule has 0 saturated carbocycles. The maximum Gasteiger partial charge on any atom is 0.326 e. The van der Waals surface area contributed by atoms with Gasteiger partial charge < -0.3 is 25.3 Å². The van der Waals surface area contributed by atoms with Gasteiger partial charge in [-0.15, -0.1) is 0 Å². The van der Waals surface area contributed by atoms with E-state index in [4.69, 9.17) is 4.74 Å². The minimum Gasteiger partial charge on any atom is -0.508 e. The fourth-order valence-corrected chi connectivity index (χ4v) is 4.92. The van der Waals surface area contributed by atoms with Crippen LogP contribution < -0.4 is 10.1 Å². The third-order valence-electron chi connectivity index (χ3n) is 6.64. The van der Waals surface area contributed by atoms with E-state index < -0.39 is 17.9 Å². The molecular weight excluding hydrogens is 564 g/mol. The molecule has 0 aliphatic carbocycles. The summed E-state index contributed by atoms with van der Waals surface area (Å²) >= 11 is 3.53. The number of hydrogen-bond acceptors (Lipinski definition) is 5. The lowest BCUT2D eigenvalue weighted by atomic mass is 9.86. The van der Waals surface area contributed by atoms with Crippen molar-refractivity contribution in [3.8, 4) is 11.5 Å². The summed E-state index contributed by atoms with van der Waals surface area (Å²) in [6, 6.07) is 18.5. The molecule has 1 heterocycles. The fraction of sp³-hybridized carbons (Fsp3) is 0.233. The minimum atomic E-state index is -1.17. The van der Waals surface area contributed by atoms with Crippen LogP contribution in [0.4, 0.5) is 0 Å². The predicted octanol–water partition coefficient (Wildman–Crippen LogP) is 5.33. The van der Waals surface area contributed by atoms with E-state index in [9.17, 15) is 24.6 Å². The summed E-state index contributed by atoms with van der Waals surface area (Å²) in [5, 5.41) is 22.5. The summed E-state index contributed by atoms with van der Waals surface area (Å²) < 4.78 is 6.21. The Morgan fingerprint density at radius 3 is 2.38 bits per heavy atom. The number of fused-ring (bicyclic) bond motifs is 1. The second kappa shape index (κ2) is 12.6. The highest BCUT2D eigenvalue weighted by atomic mass is 79.9. The van der Waals surface area contributed by atoms with Gasteiger partial charge in [0.15, 0.2) is 0 Å². The largest absolute Gasteiger partial charge is 0.508 e. The summed E-state index contributed by atoms with van der Waals surface area (Å²) in [6.07, 6.45) is 2.01. The smallest absolute Gasteiger partial charge is 0.326 e. The number of ether oxygens (including phenoxy) is 1. The van der Waals surface area contributed by atoms with Crippen molar-refractivity contribution in [3.05, 3.63) is 94.1 Å². The lowest BCUT2D eigenvalue weighted by Gasteiger charge is -2.18. The Kier molecular flexibility index (Phi) is 9.03. The van der Waals surface area contributed by atoms with E-state index in [1.807, 2.05) is 48.7 Å². The van der Waals surface area contributed by atoms with E-state index in [1.165, 1.54) is 12.1 Å². The molecule has 0 bridgehead atoms. The van der Waals surface area contributed by atoms with Crippen LogP contribution in [0.15, 0.2) is 77.4 Å². The lowest BCUT2D eigenvalue weighted by molar-refractivity contribution is -0.141. The van der Waals surface area contributed by atoms with Gasteiger partial charge in [-0.25, -0.2) is 4.79 Å². The van der Waals surface area contributed by atoms with Crippen LogP contribution in [0.2, 0.25) is 0 Å². The van der Waals surface area contributed by atoms with E-state index in [0.29, 0.717) is 11.3 Å². The fourth-order valence-electron chi connectivity index (χ4n) is 4.56. The summed E-state index contributed by atoms with van der Waals surface area (Å²) in [6.45, 7) is 0. The van der Waals surface area contributed by atoms with E-state index in [-0.39, 0.29) is 43.1 Å². The van der Waals surface area contributed by atoms with E-state index in [1.54, 1.807) is 19.2 Å². The van der Waals surface area contributed by atoms with Crippen molar-refractivity contribution < 1.29 is 29.3 Å². The number of phenols is 1. The molecule has 0 saturated heterocycles. The number of carboxylic acids is 1. The van der Waals surface area contributed by atoms with E-state index in [0.717, 1.165) is 26.5 Å². The maximum absolute atomic E-state index is 13.1. The number of aromatic nitrogens is 1. The topological polar surface area (TPSA) is 129 Å². The van der Waals surface area contributed by atoms with E-state index in [2.05, 4.69) is 26.2 Å². The monoisotopic (exact) mass is 592 g/mol. The number of hydrogen-bond donors (Lipinski definition) is 4. The third kappa shape index (κ3) is 7.26. The Hall–Kier alpha value is -4.11. The van der Waals surface area contributed by atoms with Gasteiger partial charge in [0.05, 0.1) is 7.11 Å². The van der Waals surface area contributed by atoms with Crippen molar-refractivity contribution in [3.63, 3.8) is 0 Å². The van der Waals surface area contributed by atoms with Crippen LogP contribution in [-0.2, 0) is 20.8 Å². The molecule has 4 rings (SSSR count). The number of nitrogens with one attached hydrogen (secondary N) is 2. The normalized spacial score (nSPS) is 12.6. The van der Waals surface area contributed by atoms with Crippen molar-refractivity contribution in [1.29, 1.82) is 0 Å². The first-order chi connectivity index (χ1) is 18.7. The van der Waals surface area contributed by atoms with Crippen molar-refractivity contribution in [2.24, 2.45) is 0 Å². The van der Waals surface area contributed by atoms with Gasteiger partial charge in [0, 0.05) is 53.2 Å². The quantitative estimate of drug-likeness (QED) is 0.176. The molecule has 4 N–H and O–H groups in total. The Bertz CT molecular complexity index is 1460. The standard InChI is InChI=1S/C30H29BrN2O6/c1-39-23-10-4-19(5-11-23)24(26-17-32-27-12-6-20(31)15-25(26)27)16-22(35)9-13-29(36)33-28(30(37)38)14-18-2-7-21(34)8-3-18/h2-8,10-12,15,17,24,28,32,34H,9,13-14,16H2,1H3,(H,33,36)(H,37,38)/t24?,28-/m0/s1. The molecule has 0 fully saturated rings. The molecule has 0 radical (unpaired) electrons. The number of rotatable bonds is 12. The molecule has 39 heavy (non-hydrogen) atoms. The minimum absolute atomic E-state index is 0.0178. The number of ketones is 1. The number of methoxy groups -OCH3 is 1. The zero-order chi connectivity index (χ0) is 27.9. The second-order valence-electron chi connectivity index (χ2n) is 9.33. The highest BCUT2D eigenvalue weighted by Gasteiger charge is 2.24. The highest BCUT2D eigenvalue weighted by Crippen LogP contribution is 2.35. The van der Waals surface area contributed by atoms with Crippen LogP contribution in [-0.4, -0.2) is 46.0 Å². The molecule has 1 amide bonds. The SMILES string of the molecule is COc1ccc(C(CC(=O)CCC(=O)N[C@@H](Cc2ccc(O)cc2)C(=O)O)c2c[nH]c3ccc(Br)cc23)cc1. The third-order valence-corrected chi connectivity index (χ3v) is 7.13. The number of aliphatic carboxylic acids is 1. The molecule has 0 aliphatic heterocycles. The molecule has 2 atom stereocenters. The van der Waals surface area contributed by atoms with Crippen LogP contribution in [0.5, 0.6) is 11.5 Å². The number of H-pyrrole nitrogens is 1. The number of halogens is 1.